The molecule has 0 aliphatic rings. The number of thioether (sulfide) groups is 1. The van der Waals surface area contributed by atoms with Crippen molar-refractivity contribution < 1.29 is 17.6 Å². The SMILES string of the molecule is Cc1ccccc1-n1c(SCc2ccc(C(F)(F)F)cc2)nnc1-c1ccccc1F. The minimum Gasteiger partial charge on any atom is -0.270 e. The van der Waals surface area contributed by atoms with Crippen LogP contribution < -0.4 is 0 Å². The highest BCUT2D eigenvalue weighted by Crippen LogP contribution is 2.33. The van der Waals surface area contributed by atoms with Crippen LogP contribution >= 0.6 is 11.8 Å². The van der Waals surface area contributed by atoms with Gasteiger partial charge in [-0.3, -0.25) is 4.57 Å². The van der Waals surface area contributed by atoms with Crippen molar-refractivity contribution in [2.75, 3.05) is 0 Å². The molecule has 0 bridgehead atoms. The zero-order valence-electron chi connectivity index (χ0n) is 16.4. The van der Waals surface area contributed by atoms with E-state index in [1.165, 1.54) is 30.0 Å². The van der Waals surface area contributed by atoms with E-state index < -0.39 is 17.6 Å². The summed E-state index contributed by atoms with van der Waals surface area (Å²) in [7, 11) is 0. The third kappa shape index (κ3) is 4.49. The van der Waals surface area contributed by atoms with Gasteiger partial charge in [-0.1, -0.05) is 54.2 Å². The number of aryl methyl sites for hydroxylation is 1. The predicted molar refractivity (Wildman–Crippen MR) is 112 cm³/mol. The molecule has 31 heavy (non-hydrogen) atoms. The maximum absolute atomic E-state index is 14.5. The van der Waals surface area contributed by atoms with E-state index in [9.17, 15) is 17.6 Å². The van der Waals surface area contributed by atoms with Crippen molar-refractivity contribution in [3.8, 4) is 17.1 Å². The molecule has 4 rings (SSSR count). The van der Waals surface area contributed by atoms with Crippen molar-refractivity contribution >= 4 is 11.8 Å². The molecule has 0 aliphatic heterocycles. The van der Waals surface area contributed by atoms with Crippen LogP contribution in [0.15, 0.2) is 78.0 Å². The van der Waals surface area contributed by atoms with Crippen LogP contribution in [0.3, 0.4) is 0 Å². The second-order valence-electron chi connectivity index (χ2n) is 6.89. The van der Waals surface area contributed by atoms with E-state index in [0.29, 0.717) is 27.9 Å². The zero-order valence-corrected chi connectivity index (χ0v) is 17.2. The molecule has 0 saturated carbocycles. The van der Waals surface area contributed by atoms with E-state index in [1.54, 1.807) is 22.8 Å². The molecule has 0 unspecified atom stereocenters. The van der Waals surface area contributed by atoms with Crippen LogP contribution in [0, 0.1) is 12.7 Å². The lowest BCUT2D eigenvalue weighted by Crippen LogP contribution is -2.04. The molecule has 0 aliphatic carbocycles. The smallest absolute Gasteiger partial charge is 0.270 e. The second-order valence-corrected chi connectivity index (χ2v) is 7.83. The van der Waals surface area contributed by atoms with Crippen LogP contribution in [0.4, 0.5) is 17.6 Å². The molecule has 0 atom stereocenters. The number of nitrogens with zero attached hydrogens (tertiary/aromatic N) is 3. The van der Waals surface area contributed by atoms with Crippen LogP contribution in [0.5, 0.6) is 0 Å². The minimum absolute atomic E-state index is 0.319. The van der Waals surface area contributed by atoms with E-state index in [2.05, 4.69) is 10.2 Å². The average Bonchev–Trinajstić information content (AvgIpc) is 3.16. The number of benzene rings is 3. The van der Waals surface area contributed by atoms with Crippen LogP contribution in [0.25, 0.3) is 17.1 Å². The van der Waals surface area contributed by atoms with Crippen LogP contribution in [-0.2, 0) is 11.9 Å². The van der Waals surface area contributed by atoms with Gasteiger partial charge in [-0.25, -0.2) is 4.39 Å². The Morgan fingerprint density at radius 1 is 0.871 bits per heavy atom. The quantitative estimate of drug-likeness (QED) is 0.254. The fraction of sp³-hybridized carbons (Fsp3) is 0.130. The van der Waals surface area contributed by atoms with E-state index in [-0.39, 0.29) is 0 Å². The summed E-state index contributed by atoms with van der Waals surface area (Å²) in [5.74, 6) is 0.339. The normalized spacial score (nSPS) is 11.6. The number of para-hydroxylation sites is 1. The summed E-state index contributed by atoms with van der Waals surface area (Å²) in [4.78, 5) is 0. The first-order chi connectivity index (χ1) is 14.8. The second kappa shape index (κ2) is 8.55. The minimum atomic E-state index is -4.37. The van der Waals surface area contributed by atoms with Crippen molar-refractivity contribution in [2.24, 2.45) is 0 Å². The fourth-order valence-electron chi connectivity index (χ4n) is 3.15. The highest BCUT2D eigenvalue weighted by Gasteiger charge is 2.30. The summed E-state index contributed by atoms with van der Waals surface area (Å²) < 4.78 is 54.6. The Hall–Kier alpha value is -3.13. The van der Waals surface area contributed by atoms with Gasteiger partial charge in [0.15, 0.2) is 11.0 Å². The van der Waals surface area contributed by atoms with Gasteiger partial charge >= 0.3 is 6.18 Å². The summed E-state index contributed by atoms with van der Waals surface area (Å²) in [6.45, 7) is 1.94. The van der Waals surface area contributed by atoms with Crippen LogP contribution in [-0.4, -0.2) is 14.8 Å². The van der Waals surface area contributed by atoms with Gasteiger partial charge in [-0.2, -0.15) is 13.2 Å². The summed E-state index contributed by atoms with van der Waals surface area (Å²) in [5.41, 5.74) is 2.10. The average molecular weight is 443 g/mol. The summed E-state index contributed by atoms with van der Waals surface area (Å²) in [5, 5.41) is 9.00. The summed E-state index contributed by atoms with van der Waals surface area (Å²) >= 11 is 1.32. The maximum Gasteiger partial charge on any atom is 0.416 e. The Kier molecular flexibility index (Phi) is 5.82. The summed E-state index contributed by atoms with van der Waals surface area (Å²) in [6.07, 6.45) is -4.37. The zero-order chi connectivity index (χ0) is 22.0. The number of hydrogen-bond acceptors (Lipinski definition) is 3. The first-order valence-electron chi connectivity index (χ1n) is 9.40. The van der Waals surface area contributed by atoms with Crippen molar-refractivity contribution in [2.45, 2.75) is 24.0 Å². The van der Waals surface area contributed by atoms with E-state index >= 15 is 0 Å². The maximum atomic E-state index is 14.5. The Labute approximate surface area is 180 Å². The highest BCUT2D eigenvalue weighted by molar-refractivity contribution is 7.98. The number of alkyl halides is 3. The molecule has 3 aromatic carbocycles. The topological polar surface area (TPSA) is 30.7 Å². The van der Waals surface area contributed by atoms with Crippen LogP contribution in [0.2, 0.25) is 0 Å². The molecule has 1 aromatic heterocycles. The van der Waals surface area contributed by atoms with E-state index in [0.717, 1.165) is 23.4 Å². The van der Waals surface area contributed by atoms with Crippen molar-refractivity contribution in [3.05, 3.63) is 95.3 Å². The number of halogens is 4. The Balaban J connectivity index is 1.70. The molecule has 0 amide bonds. The van der Waals surface area contributed by atoms with Gasteiger partial charge < -0.3 is 0 Å². The molecule has 158 valence electrons. The Morgan fingerprint density at radius 2 is 1.55 bits per heavy atom. The van der Waals surface area contributed by atoms with Crippen molar-refractivity contribution in [1.82, 2.24) is 14.8 Å². The molecule has 0 spiro atoms. The summed E-state index contributed by atoms with van der Waals surface area (Å²) in [6, 6.07) is 19.0. The molecule has 0 N–H and O–H groups in total. The van der Waals surface area contributed by atoms with Gasteiger partial charge in [0, 0.05) is 5.75 Å². The lowest BCUT2D eigenvalue weighted by molar-refractivity contribution is -0.137. The molecule has 0 radical (unpaired) electrons. The molecule has 0 fully saturated rings. The molecule has 8 heteroatoms. The lowest BCUT2D eigenvalue weighted by Gasteiger charge is -2.13. The monoisotopic (exact) mass is 443 g/mol. The van der Waals surface area contributed by atoms with Crippen LogP contribution in [0.1, 0.15) is 16.7 Å². The molecule has 0 saturated heterocycles. The van der Waals surface area contributed by atoms with Gasteiger partial charge in [-0.05, 0) is 48.4 Å². The standard InChI is InChI=1S/C23H17F4N3S/c1-15-6-2-5-9-20(15)30-21(18-7-3-4-8-19(18)24)28-29-22(30)31-14-16-10-12-17(13-11-16)23(25,26)27/h2-13H,14H2,1H3. The van der Waals surface area contributed by atoms with Crippen molar-refractivity contribution in [3.63, 3.8) is 0 Å². The molecular formula is C23H17F4N3S. The Morgan fingerprint density at radius 3 is 2.23 bits per heavy atom. The van der Waals surface area contributed by atoms with Crippen molar-refractivity contribution in [1.29, 1.82) is 0 Å². The third-order valence-electron chi connectivity index (χ3n) is 4.75. The lowest BCUT2D eigenvalue weighted by atomic mass is 10.1. The van der Waals surface area contributed by atoms with Gasteiger partial charge in [-0.15, -0.1) is 10.2 Å². The van der Waals surface area contributed by atoms with Gasteiger partial charge in [0.05, 0.1) is 16.8 Å². The predicted octanol–water partition coefficient (Wildman–Crippen LogP) is 6.69. The largest absolute Gasteiger partial charge is 0.416 e. The first-order valence-corrected chi connectivity index (χ1v) is 10.4. The number of hydrogen-bond donors (Lipinski definition) is 0. The molecular weight excluding hydrogens is 426 g/mol. The Bertz CT molecular complexity index is 1200. The van der Waals surface area contributed by atoms with Gasteiger partial charge in [0.25, 0.3) is 0 Å². The molecule has 1 heterocycles. The third-order valence-corrected chi connectivity index (χ3v) is 5.75. The van der Waals surface area contributed by atoms with E-state index in [4.69, 9.17) is 0 Å². The van der Waals surface area contributed by atoms with E-state index in [1.807, 2.05) is 31.2 Å². The number of aromatic nitrogens is 3. The number of rotatable bonds is 5. The molecule has 3 nitrogen and oxygen atoms in total. The molecule has 4 aromatic rings. The van der Waals surface area contributed by atoms with Gasteiger partial charge in [0.1, 0.15) is 5.82 Å². The van der Waals surface area contributed by atoms with Gasteiger partial charge in [0.2, 0.25) is 0 Å². The fourth-order valence-corrected chi connectivity index (χ4v) is 4.05. The first kappa shape index (κ1) is 21.1. The highest BCUT2D eigenvalue weighted by atomic mass is 32.2.